The third-order valence-electron chi connectivity index (χ3n) is 3.68. The van der Waals surface area contributed by atoms with E-state index in [9.17, 15) is 0 Å². The normalized spacial score (nSPS) is 23.4. The van der Waals surface area contributed by atoms with Gasteiger partial charge in [-0.1, -0.05) is 44.2 Å². The van der Waals surface area contributed by atoms with Gasteiger partial charge in [-0.2, -0.15) is 0 Å². The summed E-state index contributed by atoms with van der Waals surface area (Å²) in [7, 11) is 1.70. The number of methoxy groups -OCH3 is 1. The highest BCUT2D eigenvalue weighted by Gasteiger charge is 2.20. The highest BCUT2D eigenvalue weighted by molar-refractivity contribution is 5.75. The summed E-state index contributed by atoms with van der Waals surface area (Å²) < 4.78 is 5.17. The van der Waals surface area contributed by atoms with Crippen molar-refractivity contribution in [2.45, 2.75) is 26.7 Å². The van der Waals surface area contributed by atoms with Gasteiger partial charge in [0.05, 0.1) is 7.11 Å². The topological polar surface area (TPSA) is 9.23 Å². The van der Waals surface area contributed by atoms with Crippen molar-refractivity contribution >= 4 is 5.57 Å². The number of allylic oxidation sites excluding steroid dienone is 4. The lowest BCUT2D eigenvalue weighted by Gasteiger charge is -2.26. The van der Waals surface area contributed by atoms with Crippen LogP contribution in [-0.4, -0.2) is 7.11 Å². The first-order chi connectivity index (χ1) is 8.17. The second kappa shape index (κ2) is 4.79. The fourth-order valence-electron chi connectivity index (χ4n) is 2.03. The minimum Gasteiger partial charge on any atom is -0.497 e. The molecule has 1 aromatic carbocycles. The predicted molar refractivity (Wildman–Crippen MR) is 73.1 cm³/mol. The summed E-state index contributed by atoms with van der Waals surface area (Å²) in [5, 5.41) is 0. The molecule has 2 rings (SSSR count). The minimum absolute atomic E-state index is 0.343. The Balaban J connectivity index is 2.17. The molecule has 1 aromatic rings. The number of ether oxygens (including phenoxy) is 1. The Morgan fingerprint density at radius 3 is 2.41 bits per heavy atom. The molecule has 1 unspecified atom stereocenters. The lowest BCUT2D eigenvalue weighted by molar-refractivity contribution is 0.414. The quantitative estimate of drug-likeness (QED) is 0.742. The van der Waals surface area contributed by atoms with Gasteiger partial charge >= 0.3 is 0 Å². The van der Waals surface area contributed by atoms with Gasteiger partial charge in [0.1, 0.15) is 5.75 Å². The molecule has 0 radical (unpaired) electrons. The maximum absolute atomic E-state index is 5.17. The van der Waals surface area contributed by atoms with E-state index in [2.05, 4.69) is 44.2 Å². The third kappa shape index (κ3) is 2.60. The molecule has 0 amide bonds. The number of hydrogen-bond donors (Lipinski definition) is 0. The predicted octanol–water partition coefficient (Wildman–Crippen LogP) is 4.45. The fraction of sp³-hybridized carbons (Fsp3) is 0.375. The van der Waals surface area contributed by atoms with Gasteiger partial charge in [0.15, 0.2) is 0 Å². The van der Waals surface area contributed by atoms with Crippen molar-refractivity contribution in [1.29, 1.82) is 0 Å². The van der Waals surface area contributed by atoms with Crippen LogP contribution in [0.2, 0.25) is 0 Å². The molecule has 0 fully saturated rings. The average Bonchev–Trinajstić information content (AvgIpc) is 2.40. The Bertz CT molecular complexity index is 439. The van der Waals surface area contributed by atoms with E-state index in [1.165, 1.54) is 17.6 Å². The standard InChI is InChI=1S/C16H20O/c1-4-16(2)11-9-14(10-12-16)13-5-7-15(17-3)8-6-13/h5-11H,4,12H2,1-3H3. The highest BCUT2D eigenvalue weighted by atomic mass is 16.5. The SMILES string of the molecule is CCC1(C)C=CC(c2ccc(OC)cc2)=CC1. The lowest BCUT2D eigenvalue weighted by atomic mass is 9.79. The Kier molecular flexibility index (Phi) is 3.37. The van der Waals surface area contributed by atoms with Crippen LogP contribution in [0.5, 0.6) is 5.75 Å². The van der Waals surface area contributed by atoms with E-state index in [0.29, 0.717) is 5.41 Å². The number of rotatable bonds is 3. The first-order valence-corrected chi connectivity index (χ1v) is 6.21. The third-order valence-corrected chi connectivity index (χ3v) is 3.68. The fourth-order valence-corrected chi connectivity index (χ4v) is 2.03. The molecule has 0 spiro atoms. The molecule has 0 N–H and O–H groups in total. The zero-order valence-corrected chi connectivity index (χ0v) is 10.9. The van der Waals surface area contributed by atoms with Gasteiger partial charge in [0, 0.05) is 0 Å². The number of benzene rings is 1. The molecule has 0 saturated carbocycles. The smallest absolute Gasteiger partial charge is 0.118 e. The zero-order chi connectivity index (χ0) is 12.3. The van der Waals surface area contributed by atoms with Crippen molar-refractivity contribution in [3.63, 3.8) is 0 Å². The number of hydrogen-bond acceptors (Lipinski definition) is 1. The second-order valence-corrected chi connectivity index (χ2v) is 4.93. The zero-order valence-electron chi connectivity index (χ0n) is 10.9. The van der Waals surface area contributed by atoms with Gasteiger partial charge in [-0.3, -0.25) is 0 Å². The average molecular weight is 228 g/mol. The van der Waals surface area contributed by atoms with Gasteiger partial charge < -0.3 is 4.74 Å². The summed E-state index contributed by atoms with van der Waals surface area (Å²) in [5.74, 6) is 0.910. The van der Waals surface area contributed by atoms with Crippen molar-refractivity contribution in [2.24, 2.45) is 5.41 Å². The molecular formula is C16H20O. The van der Waals surface area contributed by atoms with Gasteiger partial charge in [-0.05, 0) is 41.5 Å². The van der Waals surface area contributed by atoms with Crippen molar-refractivity contribution < 1.29 is 4.74 Å². The van der Waals surface area contributed by atoms with Gasteiger partial charge in [-0.15, -0.1) is 0 Å². The summed E-state index contributed by atoms with van der Waals surface area (Å²) in [6.07, 6.45) is 9.24. The van der Waals surface area contributed by atoms with E-state index in [1.54, 1.807) is 7.11 Å². The molecule has 90 valence electrons. The maximum Gasteiger partial charge on any atom is 0.118 e. The monoisotopic (exact) mass is 228 g/mol. The largest absolute Gasteiger partial charge is 0.497 e. The van der Waals surface area contributed by atoms with Crippen LogP contribution in [0.4, 0.5) is 0 Å². The molecule has 1 aliphatic carbocycles. The van der Waals surface area contributed by atoms with E-state index in [1.807, 2.05) is 12.1 Å². The lowest BCUT2D eigenvalue weighted by Crippen LogP contribution is -2.12. The Morgan fingerprint density at radius 1 is 1.24 bits per heavy atom. The van der Waals surface area contributed by atoms with E-state index < -0.39 is 0 Å². The molecule has 0 aromatic heterocycles. The molecular weight excluding hydrogens is 208 g/mol. The van der Waals surface area contributed by atoms with Crippen LogP contribution in [0.3, 0.4) is 0 Å². The molecule has 1 heteroatoms. The van der Waals surface area contributed by atoms with Crippen molar-refractivity contribution in [2.75, 3.05) is 7.11 Å². The molecule has 0 saturated heterocycles. The summed E-state index contributed by atoms with van der Waals surface area (Å²) in [5.41, 5.74) is 2.93. The van der Waals surface area contributed by atoms with Crippen LogP contribution >= 0.6 is 0 Å². The highest BCUT2D eigenvalue weighted by Crippen LogP contribution is 2.35. The van der Waals surface area contributed by atoms with Crippen molar-refractivity contribution in [1.82, 2.24) is 0 Å². The second-order valence-electron chi connectivity index (χ2n) is 4.93. The van der Waals surface area contributed by atoms with E-state index in [0.717, 1.165) is 12.2 Å². The van der Waals surface area contributed by atoms with Crippen LogP contribution in [0.15, 0.2) is 42.5 Å². The molecule has 0 aliphatic heterocycles. The molecule has 0 bridgehead atoms. The maximum atomic E-state index is 5.17. The Labute approximate surface area is 104 Å². The molecule has 0 heterocycles. The molecule has 1 nitrogen and oxygen atoms in total. The molecule has 1 atom stereocenters. The van der Waals surface area contributed by atoms with Crippen LogP contribution in [0, 0.1) is 5.41 Å². The Hall–Kier alpha value is -1.50. The van der Waals surface area contributed by atoms with Gasteiger partial charge in [-0.25, -0.2) is 0 Å². The van der Waals surface area contributed by atoms with E-state index in [-0.39, 0.29) is 0 Å². The van der Waals surface area contributed by atoms with Crippen LogP contribution in [-0.2, 0) is 0 Å². The summed E-state index contributed by atoms with van der Waals surface area (Å²) >= 11 is 0. The van der Waals surface area contributed by atoms with Gasteiger partial charge in [0.25, 0.3) is 0 Å². The summed E-state index contributed by atoms with van der Waals surface area (Å²) in [6.45, 7) is 4.56. The van der Waals surface area contributed by atoms with E-state index in [4.69, 9.17) is 4.74 Å². The molecule has 17 heavy (non-hydrogen) atoms. The van der Waals surface area contributed by atoms with E-state index >= 15 is 0 Å². The van der Waals surface area contributed by atoms with Crippen LogP contribution in [0.1, 0.15) is 32.3 Å². The van der Waals surface area contributed by atoms with Crippen LogP contribution in [0.25, 0.3) is 5.57 Å². The minimum atomic E-state index is 0.343. The van der Waals surface area contributed by atoms with Gasteiger partial charge in [0.2, 0.25) is 0 Å². The first kappa shape index (κ1) is 12.0. The summed E-state index contributed by atoms with van der Waals surface area (Å²) in [4.78, 5) is 0. The van der Waals surface area contributed by atoms with Crippen LogP contribution < -0.4 is 4.74 Å². The van der Waals surface area contributed by atoms with Crippen molar-refractivity contribution in [3.8, 4) is 5.75 Å². The van der Waals surface area contributed by atoms with Crippen molar-refractivity contribution in [3.05, 3.63) is 48.1 Å². The Morgan fingerprint density at radius 2 is 1.94 bits per heavy atom. The summed E-state index contributed by atoms with van der Waals surface area (Å²) in [6, 6.07) is 8.25. The molecule has 1 aliphatic rings. The first-order valence-electron chi connectivity index (χ1n) is 6.21.